The van der Waals surface area contributed by atoms with Gasteiger partial charge in [0, 0.05) is 5.56 Å². The summed E-state index contributed by atoms with van der Waals surface area (Å²) in [7, 11) is 0. The molecule has 0 aliphatic rings. The Morgan fingerprint density at radius 1 is 1.47 bits per heavy atom. The van der Waals surface area contributed by atoms with Crippen LogP contribution in [0.15, 0.2) is 34.0 Å². The summed E-state index contributed by atoms with van der Waals surface area (Å²) in [6, 6.07) is 6.05. The van der Waals surface area contributed by atoms with Gasteiger partial charge in [-0.15, -0.1) is 0 Å². The molecule has 3 N–H and O–H groups in total. The number of anilines is 1. The number of amides is 1. The van der Waals surface area contributed by atoms with Crippen molar-refractivity contribution in [3.8, 4) is 0 Å². The van der Waals surface area contributed by atoms with Gasteiger partial charge in [-0.2, -0.15) is 5.10 Å². The highest BCUT2D eigenvalue weighted by Gasteiger charge is 2.10. The van der Waals surface area contributed by atoms with Gasteiger partial charge in [0.05, 0.1) is 12.6 Å². The molecule has 2 aromatic rings. The molecule has 7 nitrogen and oxygen atoms in total. The topological polar surface area (TPSA) is 106 Å². The Hall–Kier alpha value is -2.77. The van der Waals surface area contributed by atoms with Crippen LogP contribution in [0.2, 0.25) is 0 Å². The average Bonchev–Trinajstić information content (AvgIpc) is 2.77. The third kappa shape index (κ3) is 3.35. The number of hydrogen-bond donors (Lipinski definition) is 2. The number of hydrazone groups is 1. The lowest BCUT2D eigenvalue weighted by Gasteiger charge is -1.97. The molecular weight excluding hydrogens is 253 g/mol. The standard InChI is InChI=1S/C11H10FN5O2/c12-8-4-2-1-3-7(8)6-14-15-10(18)5-9-11(13)17-19-16-9/h1-4,6H,5H2,(H2,13,17)(H,15,18). The lowest BCUT2D eigenvalue weighted by atomic mass is 10.2. The number of carbonyl (C=O) groups is 1. The van der Waals surface area contributed by atoms with Crippen molar-refractivity contribution in [3.05, 3.63) is 41.3 Å². The molecule has 98 valence electrons. The zero-order chi connectivity index (χ0) is 13.7. The molecule has 1 amide bonds. The van der Waals surface area contributed by atoms with E-state index in [4.69, 9.17) is 5.73 Å². The number of nitrogen functional groups attached to an aromatic ring is 1. The Morgan fingerprint density at radius 2 is 2.26 bits per heavy atom. The third-order valence-corrected chi connectivity index (χ3v) is 2.21. The first-order valence-corrected chi connectivity index (χ1v) is 5.30. The van der Waals surface area contributed by atoms with Gasteiger partial charge in [0.15, 0.2) is 5.82 Å². The minimum atomic E-state index is -0.463. The summed E-state index contributed by atoms with van der Waals surface area (Å²) in [5.74, 6) is -0.839. The van der Waals surface area contributed by atoms with E-state index in [1.807, 2.05) is 0 Å². The van der Waals surface area contributed by atoms with Crippen LogP contribution in [-0.4, -0.2) is 22.4 Å². The van der Waals surface area contributed by atoms with Crippen molar-refractivity contribution in [2.24, 2.45) is 5.10 Å². The number of benzene rings is 1. The summed E-state index contributed by atoms with van der Waals surface area (Å²) < 4.78 is 17.6. The van der Waals surface area contributed by atoms with Crippen molar-refractivity contribution in [3.63, 3.8) is 0 Å². The first kappa shape index (κ1) is 12.7. The van der Waals surface area contributed by atoms with Crippen LogP contribution in [-0.2, 0) is 11.2 Å². The average molecular weight is 263 g/mol. The van der Waals surface area contributed by atoms with Crippen molar-refractivity contribution >= 4 is 17.9 Å². The highest BCUT2D eigenvalue weighted by molar-refractivity contribution is 5.83. The van der Waals surface area contributed by atoms with E-state index in [2.05, 4.69) is 25.5 Å². The molecule has 1 heterocycles. The SMILES string of the molecule is Nc1nonc1CC(=O)NN=Cc1ccccc1F. The monoisotopic (exact) mass is 263 g/mol. The zero-order valence-electron chi connectivity index (χ0n) is 9.71. The Kier molecular flexibility index (Phi) is 3.81. The van der Waals surface area contributed by atoms with Gasteiger partial charge in [0.1, 0.15) is 11.5 Å². The van der Waals surface area contributed by atoms with Crippen LogP contribution >= 0.6 is 0 Å². The van der Waals surface area contributed by atoms with Gasteiger partial charge in [0.2, 0.25) is 5.91 Å². The molecule has 0 unspecified atom stereocenters. The first-order chi connectivity index (χ1) is 9.16. The van der Waals surface area contributed by atoms with E-state index < -0.39 is 11.7 Å². The van der Waals surface area contributed by atoms with Gasteiger partial charge < -0.3 is 5.73 Å². The fourth-order valence-electron chi connectivity index (χ4n) is 1.28. The minimum Gasteiger partial charge on any atom is -0.379 e. The number of nitrogens with one attached hydrogen (secondary N) is 1. The van der Waals surface area contributed by atoms with Crippen molar-refractivity contribution < 1.29 is 13.8 Å². The highest BCUT2D eigenvalue weighted by atomic mass is 19.1. The summed E-state index contributed by atoms with van der Waals surface area (Å²) in [5.41, 5.74) is 8.11. The molecule has 0 aliphatic heterocycles. The van der Waals surface area contributed by atoms with Crippen molar-refractivity contribution in [2.75, 3.05) is 5.73 Å². The van der Waals surface area contributed by atoms with E-state index in [1.165, 1.54) is 18.3 Å². The lowest BCUT2D eigenvalue weighted by Crippen LogP contribution is -2.20. The van der Waals surface area contributed by atoms with Gasteiger partial charge >= 0.3 is 0 Å². The first-order valence-electron chi connectivity index (χ1n) is 5.30. The molecule has 0 saturated carbocycles. The number of carbonyl (C=O) groups excluding carboxylic acids is 1. The molecule has 0 fully saturated rings. The Morgan fingerprint density at radius 3 is 2.95 bits per heavy atom. The number of hydrogen-bond acceptors (Lipinski definition) is 6. The van der Waals surface area contributed by atoms with Gasteiger partial charge in [-0.3, -0.25) is 4.79 Å². The Labute approximate surface area is 107 Å². The smallest absolute Gasteiger partial charge is 0.246 e. The molecule has 0 aliphatic carbocycles. The fourth-order valence-corrected chi connectivity index (χ4v) is 1.28. The molecule has 0 spiro atoms. The molecule has 8 heteroatoms. The number of halogens is 1. The van der Waals surface area contributed by atoms with Crippen LogP contribution in [0.4, 0.5) is 10.2 Å². The van der Waals surface area contributed by atoms with Crippen LogP contribution in [0.5, 0.6) is 0 Å². The van der Waals surface area contributed by atoms with Crippen molar-refractivity contribution in [1.29, 1.82) is 0 Å². The predicted octanol–water partition coefficient (Wildman–Crippen LogP) is 0.484. The molecule has 0 atom stereocenters. The van der Waals surface area contributed by atoms with Crippen LogP contribution < -0.4 is 11.2 Å². The van der Waals surface area contributed by atoms with Gasteiger partial charge in [-0.25, -0.2) is 14.4 Å². The summed E-state index contributed by atoms with van der Waals surface area (Å²) in [6.07, 6.45) is 1.08. The maximum Gasteiger partial charge on any atom is 0.246 e. The normalized spacial score (nSPS) is 10.8. The molecule has 2 rings (SSSR count). The van der Waals surface area contributed by atoms with Crippen molar-refractivity contribution in [1.82, 2.24) is 15.7 Å². The van der Waals surface area contributed by atoms with Crippen LogP contribution in [0.25, 0.3) is 0 Å². The maximum atomic E-state index is 13.2. The number of nitrogens with two attached hydrogens (primary N) is 1. The zero-order valence-corrected chi connectivity index (χ0v) is 9.71. The second-order valence-corrected chi connectivity index (χ2v) is 3.59. The van der Waals surface area contributed by atoms with E-state index >= 15 is 0 Å². The van der Waals surface area contributed by atoms with Gasteiger partial charge in [0.25, 0.3) is 0 Å². The summed E-state index contributed by atoms with van der Waals surface area (Å²) in [4.78, 5) is 11.5. The number of nitrogens with zero attached hydrogens (tertiary/aromatic N) is 3. The lowest BCUT2D eigenvalue weighted by molar-refractivity contribution is -0.120. The number of rotatable bonds is 4. The number of aromatic nitrogens is 2. The van der Waals surface area contributed by atoms with Gasteiger partial charge in [-0.05, 0) is 11.2 Å². The second-order valence-electron chi connectivity index (χ2n) is 3.59. The molecular formula is C11H10FN5O2. The molecule has 0 bridgehead atoms. The summed E-state index contributed by atoms with van der Waals surface area (Å²) in [6.45, 7) is 0. The van der Waals surface area contributed by atoms with Crippen LogP contribution in [0, 0.1) is 5.82 Å². The summed E-state index contributed by atoms with van der Waals surface area (Å²) in [5, 5.41) is 10.4. The molecule has 19 heavy (non-hydrogen) atoms. The molecule has 0 radical (unpaired) electrons. The van der Waals surface area contributed by atoms with Crippen LogP contribution in [0.1, 0.15) is 11.3 Å². The predicted molar refractivity (Wildman–Crippen MR) is 64.6 cm³/mol. The van der Waals surface area contributed by atoms with E-state index in [9.17, 15) is 9.18 Å². The van der Waals surface area contributed by atoms with Crippen molar-refractivity contribution in [2.45, 2.75) is 6.42 Å². The summed E-state index contributed by atoms with van der Waals surface area (Å²) >= 11 is 0. The van der Waals surface area contributed by atoms with E-state index in [1.54, 1.807) is 12.1 Å². The largest absolute Gasteiger partial charge is 0.379 e. The minimum absolute atomic E-state index is 0.0493. The van der Waals surface area contributed by atoms with Crippen LogP contribution in [0.3, 0.4) is 0 Å². The second kappa shape index (κ2) is 5.71. The highest BCUT2D eigenvalue weighted by Crippen LogP contribution is 2.04. The van der Waals surface area contributed by atoms with Gasteiger partial charge in [-0.1, -0.05) is 23.4 Å². The molecule has 1 aromatic heterocycles. The maximum absolute atomic E-state index is 13.2. The molecule has 0 saturated heterocycles. The fraction of sp³-hybridized carbons (Fsp3) is 0.0909. The Balaban J connectivity index is 1.91. The van der Waals surface area contributed by atoms with E-state index in [0.717, 1.165) is 0 Å². The third-order valence-electron chi connectivity index (χ3n) is 2.21. The van der Waals surface area contributed by atoms with E-state index in [-0.39, 0.29) is 23.5 Å². The van der Waals surface area contributed by atoms with E-state index in [0.29, 0.717) is 0 Å². The quantitative estimate of drug-likeness (QED) is 0.616. The Bertz CT molecular complexity index is 611. The molecule has 1 aromatic carbocycles.